The molecule has 2 unspecified atom stereocenters. The average molecular weight is 399 g/mol. The highest BCUT2D eigenvalue weighted by Gasteiger charge is 2.19. The van der Waals surface area contributed by atoms with Gasteiger partial charge in [-0.25, -0.2) is 0 Å². The van der Waals surface area contributed by atoms with Crippen LogP contribution in [-0.2, 0) is 9.59 Å². The summed E-state index contributed by atoms with van der Waals surface area (Å²) in [5.74, 6) is -1.73. The predicted octanol–water partition coefficient (Wildman–Crippen LogP) is 3.77. The zero-order valence-electron chi connectivity index (χ0n) is 16.6. The minimum Gasteiger partial charge on any atom is -0.480 e. The van der Waals surface area contributed by atoms with Crippen LogP contribution in [0.15, 0.2) is 60.7 Å². The zero-order chi connectivity index (χ0) is 20.9. The molecule has 156 valence electrons. The maximum absolute atomic E-state index is 11.4. The molecule has 2 aromatic carbocycles. The Hall–Kier alpha value is -2.70. The van der Waals surface area contributed by atoms with Crippen molar-refractivity contribution in [2.24, 2.45) is 0 Å². The SMILES string of the molecule is O=C(O)C(NCCCCCCCNC(C(=O)O)c1ccccc1)c1ccccc1. The molecule has 0 spiro atoms. The number of nitrogens with one attached hydrogen (secondary N) is 2. The van der Waals surface area contributed by atoms with E-state index in [1.165, 1.54) is 0 Å². The second-order valence-electron chi connectivity index (χ2n) is 7.04. The molecule has 0 heterocycles. The summed E-state index contributed by atoms with van der Waals surface area (Å²) in [6.07, 6.45) is 4.87. The molecule has 6 heteroatoms. The molecular weight excluding hydrogens is 368 g/mol. The van der Waals surface area contributed by atoms with Gasteiger partial charge in [-0.3, -0.25) is 9.59 Å². The molecule has 0 radical (unpaired) electrons. The lowest BCUT2D eigenvalue weighted by molar-refractivity contribution is -0.140. The number of benzene rings is 2. The number of hydrogen-bond donors (Lipinski definition) is 4. The summed E-state index contributed by atoms with van der Waals surface area (Å²) in [6, 6.07) is 17.0. The van der Waals surface area contributed by atoms with Crippen molar-refractivity contribution in [3.05, 3.63) is 71.8 Å². The lowest BCUT2D eigenvalue weighted by Crippen LogP contribution is -2.29. The van der Waals surface area contributed by atoms with Crippen molar-refractivity contribution < 1.29 is 19.8 Å². The van der Waals surface area contributed by atoms with E-state index in [0.717, 1.165) is 43.2 Å². The second-order valence-corrected chi connectivity index (χ2v) is 7.04. The number of hydrogen-bond acceptors (Lipinski definition) is 4. The largest absolute Gasteiger partial charge is 0.480 e. The first-order valence-corrected chi connectivity index (χ1v) is 10.1. The number of aliphatic carboxylic acids is 2. The molecule has 2 aromatic rings. The smallest absolute Gasteiger partial charge is 0.325 e. The van der Waals surface area contributed by atoms with Gasteiger partial charge in [-0.15, -0.1) is 0 Å². The first kappa shape index (κ1) is 22.6. The van der Waals surface area contributed by atoms with E-state index in [-0.39, 0.29) is 0 Å². The van der Waals surface area contributed by atoms with Crippen molar-refractivity contribution in [3.8, 4) is 0 Å². The van der Waals surface area contributed by atoms with E-state index in [9.17, 15) is 19.8 Å². The Morgan fingerprint density at radius 2 is 0.966 bits per heavy atom. The summed E-state index contributed by atoms with van der Waals surface area (Å²) >= 11 is 0. The van der Waals surface area contributed by atoms with Crippen LogP contribution in [0.2, 0.25) is 0 Å². The first-order chi connectivity index (χ1) is 14.1. The summed E-state index contributed by atoms with van der Waals surface area (Å²) < 4.78 is 0. The van der Waals surface area contributed by atoms with E-state index in [4.69, 9.17) is 0 Å². The number of carboxylic acid groups (broad SMARTS) is 2. The van der Waals surface area contributed by atoms with Gasteiger partial charge in [0, 0.05) is 0 Å². The monoisotopic (exact) mass is 398 g/mol. The van der Waals surface area contributed by atoms with Crippen LogP contribution in [0.1, 0.15) is 55.3 Å². The van der Waals surface area contributed by atoms with E-state index < -0.39 is 24.0 Å². The van der Waals surface area contributed by atoms with Crippen molar-refractivity contribution in [2.45, 2.75) is 44.2 Å². The van der Waals surface area contributed by atoms with Crippen LogP contribution < -0.4 is 10.6 Å². The van der Waals surface area contributed by atoms with Crippen molar-refractivity contribution in [1.82, 2.24) is 10.6 Å². The summed E-state index contributed by atoms with van der Waals surface area (Å²) in [5, 5.41) is 25.0. The van der Waals surface area contributed by atoms with E-state index in [1.54, 1.807) is 0 Å². The van der Waals surface area contributed by atoms with E-state index >= 15 is 0 Å². The highest BCUT2D eigenvalue weighted by molar-refractivity contribution is 5.76. The summed E-state index contributed by atoms with van der Waals surface area (Å²) in [4.78, 5) is 22.9. The van der Waals surface area contributed by atoms with Gasteiger partial charge in [-0.2, -0.15) is 0 Å². The Balaban J connectivity index is 1.58. The fraction of sp³-hybridized carbons (Fsp3) is 0.391. The number of carbonyl (C=O) groups is 2. The standard InChI is InChI=1S/C23H30N2O4/c26-22(27)20(18-12-6-4-7-13-18)24-16-10-2-1-3-11-17-25-21(23(28)29)19-14-8-5-9-15-19/h4-9,12-15,20-21,24-25H,1-3,10-11,16-17H2,(H,26,27)(H,28,29). The van der Waals surface area contributed by atoms with Gasteiger partial charge in [0.15, 0.2) is 0 Å². The van der Waals surface area contributed by atoms with Crippen LogP contribution >= 0.6 is 0 Å². The third-order valence-corrected chi connectivity index (χ3v) is 4.81. The Morgan fingerprint density at radius 3 is 1.31 bits per heavy atom. The minimum atomic E-state index is -0.867. The van der Waals surface area contributed by atoms with Gasteiger partial charge in [-0.1, -0.05) is 79.9 Å². The maximum Gasteiger partial charge on any atom is 0.325 e. The topological polar surface area (TPSA) is 98.7 Å². The van der Waals surface area contributed by atoms with Gasteiger partial charge in [-0.05, 0) is 37.1 Å². The zero-order valence-corrected chi connectivity index (χ0v) is 16.6. The highest BCUT2D eigenvalue weighted by atomic mass is 16.4. The van der Waals surface area contributed by atoms with E-state index in [2.05, 4.69) is 10.6 Å². The van der Waals surface area contributed by atoms with Gasteiger partial charge < -0.3 is 20.8 Å². The molecule has 29 heavy (non-hydrogen) atoms. The second kappa shape index (κ2) is 12.7. The first-order valence-electron chi connectivity index (χ1n) is 10.1. The van der Waals surface area contributed by atoms with Crippen molar-refractivity contribution in [3.63, 3.8) is 0 Å². The minimum absolute atomic E-state index is 0.652. The Morgan fingerprint density at radius 1 is 0.621 bits per heavy atom. The quantitative estimate of drug-likeness (QED) is 0.362. The normalized spacial score (nSPS) is 13.0. The molecule has 0 aliphatic heterocycles. The molecule has 0 aromatic heterocycles. The highest BCUT2D eigenvalue weighted by Crippen LogP contribution is 2.14. The van der Waals surface area contributed by atoms with E-state index in [1.807, 2.05) is 60.7 Å². The molecule has 2 rings (SSSR count). The molecule has 0 amide bonds. The molecule has 0 aliphatic carbocycles. The summed E-state index contributed by atoms with van der Waals surface area (Å²) in [6.45, 7) is 1.30. The van der Waals surface area contributed by atoms with Crippen LogP contribution in [-0.4, -0.2) is 35.2 Å². The number of unbranched alkanes of at least 4 members (excludes halogenated alkanes) is 4. The lowest BCUT2D eigenvalue weighted by Gasteiger charge is -2.15. The molecule has 0 saturated carbocycles. The van der Waals surface area contributed by atoms with Crippen LogP contribution in [0.25, 0.3) is 0 Å². The third kappa shape index (κ3) is 8.05. The number of rotatable bonds is 14. The Bertz CT molecular complexity index is 674. The predicted molar refractivity (Wildman–Crippen MR) is 113 cm³/mol. The van der Waals surface area contributed by atoms with Gasteiger partial charge in [0.2, 0.25) is 0 Å². The summed E-state index contributed by atoms with van der Waals surface area (Å²) in [7, 11) is 0. The third-order valence-electron chi connectivity index (χ3n) is 4.81. The van der Waals surface area contributed by atoms with Crippen molar-refractivity contribution in [1.29, 1.82) is 0 Å². The van der Waals surface area contributed by atoms with Crippen molar-refractivity contribution >= 4 is 11.9 Å². The van der Waals surface area contributed by atoms with Gasteiger partial charge in [0.1, 0.15) is 12.1 Å². The van der Waals surface area contributed by atoms with Crippen LogP contribution in [0.3, 0.4) is 0 Å². The summed E-state index contributed by atoms with van der Waals surface area (Å²) in [5.41, 5.74) is 1.52. The molecule has 0 bridgehead atoms. The molecule has 4 N–H and O–H groups in total. The Labute approximate surface area is 172 Å². The van der Waals surface area contributed by atoms with E-state index in [0.29, 0.717) is 13.1 Å². The average Bonchev–Trinajstić information content (AvgIpc) is 2.73. The molecule has 6 nitrogen and oxygen atoms in total. The maximum atomic E-state index is 11.4. The number of carboxylic acids is 2. The fourth-order valence-corrected chi connectivity index (χ4v) is 3.26. The fourth-order valence-electron chi connectivity index (χ4n) is 3.26. The van der Waals surface area contributed by atoms with Crippen LogP contribution in [0, 0.1) is 0 Å². The molecule has 0 saturated heterocycles. The Kier molecular flexibility index (Phi) is 9.89. The molecule has 0 aliphatic rings. The molecule has 0 fully saturated rings. The van der Waals surface area contributed by atoms with Gasteiger partial charge >= 0.3 is 11.9 Å². The van der Waals surface area contributed by atoms with Crippen LogP contribution in [0.5, 0.6) is 0 Å². The molecular formula is C23H30N2O4. The lowest BCUT2D eigenvalue weighted by atomic mass is 10.1. The van der Waals surface area contributed by atoms with Gasteiger partial charge in [0.05, 0.1) is 0 Å². The van der Waals surface area contributed by atoms with Crippen LogP contribution in [0.4, 0.5) is 0 Å². The molecule has 2 atom stereocenters. The van der Waals surface area contributed by atoms with Crippen molar-refractivity contribution in [2.75, 3.05) is 13.1 Å². The van der Waals surface area contributed by atoms with Gasteiger partial charge in [0.25, 0.3) is 0 Å².